The first-order valence-electron chi connectivity index (χ1n) is 7.36. The summed E-state index contributed by atoms with van der Waals surface area (Å²) in [6.07, 6.45) is 9.66. The third kappa shape index (κ3) is 3.09. The van der Waals surface area contributed by atoms with E-state index < -0.39 is 0 Å². The van der Waals surface area contributed by atoms with Crippen molar-refractivity contribution in [1.29, 1.82) is 0 Å². The topological polar surface area (TPSA) is 30.0 Å². The summed E-state index contributed by atoms with van der Waals surface area (Å²) in [5, 5.41) is 4.45. The van der Waals surface area contributed by atoms with Gasteiger partial charge in [0, 0.05) is 17.0 Å². The van der Waals surface area contributed by atoms with Crippen LogP contribution in [0.15, 0.2) is 34.7 Å². The third-order valence-corrected chi connectivity index (χ3v) is 6.19. The lowest BCUT2D eigenvalue weighted by Gasteiger charge is -2.11. The van der Waals surface area contributed by atoms with Crippen molar-refractivity contribution in [2.24, 2.45) is 0 Å². The molecule has 0 aromatic carbocycles. The van der Waals surface area contributed by atoms with Gasteiger partial charge in [0.05, 0.1) is 20.9 Å². The lowest BCUT2D eigenvalue weighted by Crippen LogP contribution is -2.30. The van der Waals surface area contributed by atoms with Crippen LogP contribution in [0.3, 0.4) is 0 Å². The van der Waals surface area contributed by atoms with Crippen LogP contribution in [0.4, 0.5) is 0 Å². The average molecular weight is 356 g/mol. The fraction of sp³-hybridized carbons (Fsp3) is 0.167. The van der Waals surface area contributed by atoms with Gasteiger partial charge in [0.1, 0.15) is 0 Å². The number of carbonyl (C=O) groups excluding carboxylic acids is 1. The van der Waals surface area contributed by atoms with Crippen molar-refractivity contribution in [3.05, 3.63) is 55.7 Å². The minimum Gasteiger partial charge on any atom is -0.293 e. The van der Waals surface area contributed by atoms with Crippen molar-refractivity contribution in [3.8, 4) is 0 Å². The molecule has 0 amide bonds. The molecule has 5 heteroatoms. The summed E-state index contributed by atoms with van der Waals surface area (Å²) in [4.78, 5) is 18.1. The maximum atomic E-state index is 11.8. The molecule has 0 saturated carbocycles. The second-order valence-corrected chi connectivity index (χ2v) is 8.39. The number of nitrogens with zero attached hydrogens (tertiary/aromatic N) is 1. The average Bonchev–Trinajstić information content (AvgIpc) is 3.14. The molecule has 1 aliphatic heterocycles. The summed E-state index contributed by atoms with van der Waals surface area (Å²) in [6, 6.07) is 6.26. The van der Waals surface area contributed by atoms with Crippen LogP contribution >= 0.6 is 35.3 Å². The van der Waals surface area contributed by atoms with Gasteiger partial charge in [-0.05, 0) is 40.8 Å². The molecule has 1 saturated heterocycles. The number of pyridine rings is 1. The summed E-state index contributed by atoms with van der Waals surface area (Å²) >= 11 is 8.24. The molecule has 1 aliphatic carbocycles. The molecule has 0 spiro atoms. The second kappa shape index (κ2) is 6.15. The van der Waals surface area contributed by atoms with Crippen LogP contribution in [0, 0.1) is 0 Å². The fourth-order valence-corrected chi connectivity index (χ4v) is 5.01. The van der Waals surface area contributed by atoms with Gasteiger partial charge >= 0.3 is 0 Å². The summed E-state index contributed by atoms with van der Waals surface area (Å²) in [5.41, 5.74) is 1.30. The van der Waals surface area contributed by atoms with Crippen molar-refractivity contribution >= 4 is 63.5 Å². The van der Waals surface area contributed by atoms with Crippen molar-refractivity contribution in [2.45, 2.75) is 18.8 Å². The minimum atomic E-state index is 0.146. The van der Waals surface area contributed by atoms with E-state index in [2.05, 4.69) is 34.6 Å². The fourth-order valence-electron chi connectivity index (χ4n) is 2.81. The first-order valence-corrected chi connectivity index (χ1v) is 9.46. The Labute approximate surface area is 147 Å². The quantitative estimate of drug-likeness (QED) is 0.611. The lowest BCUT2D eigenvalue weighted by molar-refractivity contribution is -0.113. The molecular formula is C18H13NOS3. The van der Waals surface area contributed by atoms with Crippen molar-refractivity contribution < 1.29 is 4.79 Å². The summed E-state index contributed by atoms with van der Waals surface area (Å²) < 4.78 is 0.775. The van der Waals surface area contributed by atoms with E-state index in [9.17, 15) is 4.79 Å². The molecule has 1 unspecified atom stereocenters. The number of hydrogen-bond acceptors (Lipinski definition) is 5. The van der Waals surface area contributed by atoms with E-state index in [1.54, 1.807) is 11.3 Å². The molecule has 3 heterocycles. The number of thiophene rings is 1. The van der Waals surface area contributed by atoms with E-state index in [0.29, 0.717) is 12.3 Å². The molecule has 2 aromatic rings. The highest BCUT2D eigenvalue weighted by molar-refractivity contribution is 8.27. The van der Waals surface area contributed by atoms with Gasteiger partial charge in [-0.2, -0.15) is 0 Å². The van der Waals surface area contributed by atoms with E-state index in [0.717, 1.165) is 25.7 Å². The third-order valence-electron chi connectivity index (χ3n) is 3.96. The molecule has 114 valence electrons. The van der Waals surface area contributed by atoms with Crippen LogP contribution in [0.1, 0.15) is 29.2 Å². The standard InChI is InChI=1S/C18H13NOS3/c20-16-9-18(21)23-17(16)8-14-7-13(10-22-14)11-3-4-15-12(6-11)2-1-5-19-15/h1-2,4-8,10-11H,3,9H2/b17-8-. The van der Waals surface area contributed by atoms with Gasteiger partial charge in [-0.15, -0.1) is 11.3 Å². The van der Waals surface area contributed by atoms with E-state index >= 15 is 0 Å². The maximum Gasteiger partial charge on any atom is 0.175 e. The second-order valence-electron chi connectivity index (χ2n) is 5.56. The first-order chi connectivity index (χ1) is 11.2. The largest absolute Gasteiger partial charge is 0.293 e. The van der Waals surface area contributed by atoms with E-state index in [1.807, 2.05) is 18.3 Å². The van der Waals surface area contributed by atoms with Crippen LogP contribution in [0.5, 0.6) is 0 Å². The molecule has 2 aliphatic rings. The van der Waals surface area contributed by atoms with Crippen LogP contribution in [-0.4, -0.2) is 15.0 Å². The minimum absolute atomic E-state index is 0.146. The summed E-state index contributed by atoms with van der Waals surface area (Å²) in [6.45, 7) is 0. The number of fused-ring (bicyclic) bond motifs is 1. The number of hydrogen-bond donors (Lipinski definition) is 0. The monoisotopic (exact) mass is 355 g/mol. The number of allylic oxidation sites excluding steroid dienone is 1. The van der Waals surface area contributed by atoms with E-state index in [-0.39, 0.29) is 5.78 Å². The molecular weight excluding hydrogens is 342 g/mol. The lowest BCUT2D eigenvalue weighted by atomic mass is 9.93. The predicted octanol–water partition coefficient (Wildman–Crippen LogP) is 3.27. The Morgan fingerprint density at radius 3 is 3.13 bits per heavy atom. The van der Waals surface area contributed by atoms with Gasteiger partial charge in [-0.25, -0.2) is 0 Å². The zero-order chi connectivity index (χ0) is 15.8. The van der Waals surface area contributed by atoms with Crippen molar-refractivity contribution in [1.82, 2.24) is 4.98 Å². The van der Waals surface area contributed by atoms with Gasteiger partial charge in [0.15, 0.2) is 5.78 Å². The van der Waals surface area contributed by atoms with Gasteiger partial charge in [0.25, 0.3) is 0 Å². The van der Waals surface area contributed by atoms with Crippen LogP contribution in [0.25, 0.3) is 18.2 Å². The molecule has 0 N–H and O–H groups in total. The predicted molar refractivity (Wildman–Crippen MR) is 102 cm³/mol. The molecule has 0 bridgehead atoms. The number of ketones is 1. The zero-order valence-corrected chi connectivity index (χ0v) is 14.6. The molecule has 2 nitrogen and oxygen atoms in total. The summed E-state index contributed by atoms with van der Waals surface area (Å²) in [7, 11) is 0. The Balaban J connectivity index is 1.62. The molecule has 1 atom stereocenters. The Morgan fingerprint density at radius 1 is 1.39 bits per heavy atom. The summed E-state index contributed by atoms with van der Waals surface area (Å²) in [5.74, 6) is 0.524. The Hall–Kier alpha value is -1.56. The number of thiocarbonyl (C=S) groups is 1. The van der Waals surface area contributed by atoms with Crippen LogP contribution in [0.2, 0.25) is 0 Å². The number of thioether (sulfide) groups is 1. The zero-order valence-electron chi connectivity index (χ0n) is 12.2. The van der Waals surface area contributed by atoms with E-state index in [4.69, 9.17) is 12.2 Å². The Kier molecular flexibility index (Phi) is 4.01. The normalized spacial score (nSPS) is 21.9. The highest BCUT2D eigenvalue weighted by Crippen LogP contribution is 2.34. The number of aromatic nitrogens is 1. The number of carbonyl (C=O) groups is 1. The van der Waals surface area contributed by atoms with Gasteiger partial charge in [0.2, 0.25) is 0 Å². The van der Waals surface area contributed by atoms with Gasteiger partial charge < -0.3 is 0 Å². The van der Waals surface area contributed by atoms with Crippen LogP contribution in [-0.2, 0) is 4.79 Å². The molecule has 1 fully saturated rings. The maximum absolute atomic E-state index is 11.8. The van der Waals surface area contributed by atoms with Gasteiger partial charge in [-0.3, -0.25) is 9.78 Å². The highest BCUT2D eigenvalue weighted by Gasteiger charge is 2.23. The Bertz CT molecular complexity index is 955. The molecule has 23 heavy (non-hydrogen) atoms. The van der Waals surface area contributed by atoms with Crippen molar-refractivity contribution in [3.63, 3.8) is 0 Å². The SMILES string of the molecule is O=C1CC(=S)S/C1=C\c1cc(C2C=c3cccnc3=CC2)cs1. The number of rotatable bonds is 2. The van der Waals surface area contributed by atoms with Crippen molar-refractivity contribution in [2.75, 3.05) is 0 Å². The highest BCUT2D eigenvalue weighted by atomic mass is 32.2. The molecule has 2 aromatic heterocycles. The molecule has 0 radical (unpaired) electrons. The molecule has 4 rings (SSSR count). The number of Topliss-reactive ketones (excluding diaryl/α,β-unsaturated/α-hetero) is 1. The van der Waals surface area contributed by atoms with Crippen LogP contribution < -0.4 is 10.6 Å². The Morgan fingerprint density at radius 2 is 2.30 bits per heavy atom. The van der Waals surface area contributed by atoms with Gasteiger partial charge in [-0.1, -0.05) is 42.2 Å². The van der Waals surface area contributed by atoms with E-state index in [1.165, 1.54) is 22.5 Å². The smallest absolute Gasteiger partial charge is 0.175 e. The first kappa shape index (κ1) is 15.0.